The summed E-state index contributed by atoms with van der Waals surface area (Å²) in [7, 11) is 0. The van der Waals surface area contributed by atoms with Gasteiger partial charge in [-0.25, -0.2) is 9.59 Å². The van der Waals surface area contributed by atoms with Gasteiger partial charge in [-0.2, -0.15) is 0 Å². The molecule has 0 saturated carbocycles. The summed E-state index contributed by atoms with van der Waals surface area (Å²) in [5, 5.41) is 49.8. The van der Waals surface area contributed by atoms with Crippen molar-refractivity contribution in [1.29, 1.82) is 0 Å². The fraction of sp³-hybridized carbons (Fsp3) is 0.667. The molecule has 0 aliphatic rings. The largest absolute Gasteiger partial charge is 0.505 e. The number of carbonyl (C=O) groups excluding carboxylic acids is 1. The highest BCUT2D eigenvalue weighted by Gasteiger charge is 2.22. The van der Waals surface area contributed by atoms with Gasteiger partial charge < -0.3 is 44.9 Å². The first-order valence-electron chi connectivity index (χ1n) is 5.08. The molecule has 0 fully saturated rings. The van der Waals surface area contributed by atoms with Crippen LogP contribution in [0.1, 0.15) is 0 Å². The van der Waals surface area contributed by atoms with E-state index < -0.39 is 37.2 Å². The fourth-order valence-corrected chi connectivity index (χ4v) is 0.674. The monoisotopic (exact) mass is 300 g/mol. The van der Waals surface area contributed by atoms with Gasteiger partial charge in [-0.1, -0.05) is 0 Å². The first kappa shape index (κ1) is 20.4. The summed E-state index contributed by atoms with van der Waals surface area (Å²) < 4.78 is 7.84. The Labute approximate surface area is 112 Å². The Balaban J connectivity index is 0. The standard InChI is InChI=1S/C5H10O5.C4H6O6/c6-1-3(8)5(10)4(9)2-7;5-3(6)9-1-2-10-4(7)8/h1,3-5,7-10H,2H2;1-2H2,(H,5,6)(H,7,8)/t3-,4-,5+;/m1./s1. The number of aliphatic hydroxyl groups excluding tert-OH is 4. The summed E-state index contributed by atoms with van der Waals surface area (Å²) in [6, 6.07) is 0. The zero-order chi connectivity index (χ0) is 16.1. The summed E-state index contributed by atoms with van der Waals surface area (Å²) in [6.45, 7) is -1.24. The first-order chi connectivity index (χ1) is 9.26. The average molecular weight is 300 g/mol. The lowest BCUT2D eigenvalue weighted by Crippen LogP contribution is -2.40. The van der Waals surface area contributed by atoms with Gasteiger partial charge in [-0.05, 0) is 0 Å². The lowest BCUT2D eigenvalue weighted by Gasteiger charge is -2.16. The van der Waals surface area contributed by atoms with E-state index in [4.69, 9.17) is 30.6 Å². The Hall–Kier alpha value is -1.95. The van der Waals surface area contributed by atoms with Crippen LogP contribution in [0.4, 0.5) is 9.59 Å². The number of aldehydes is 1. The lowest BCUT2D eigenvalue weighted by molar-refractivity contribution is -0.127. The number of rotatable bonds is 7. The normalized spacial score (nSPS) is 14.0. The average Bonchev–Trinajstić information content (AvgIpc) is 2.41. The Bertz CT molecular complexity index is 276. The predicted octanol–water partition coefficient (Wildman–Crippen LogP) is -2.36. The number of hydrogen-bond acceptors (Lipinski definition) is 9. The van der Waals surface area contributed by atoms with Crippen molar-refractivity contribution in [2.24, 2.45) is 0 Å². The molecule has 0 aliphatic carbocycles. The molecule has 0 aliphatic heterocycles. The smallest absolute Gasteiger partial charge is 0.450 e. The van der Waals surface area contributed by atoms with Gasteiger partial charge in [0, 0.05) is 0 Å². The van der Waals surface area contributed by atoms with Crippen LogP contribution >= 0.6 is 0 Å². The van der Waals surface area contributed by atoms with Crippen molar-refractivity contribution < 1.29 is 54.5 Å². The van der Waals surface area contributed by atoms with Crippen molar-refractivity contribution in [2.75, 3.05) is 19.8 Å². The minimum Gasteiger partial charge on any atom is -0.450 e. The van der Waals surface area contributed by atoms with Crippen molar-refractivity contribution in [1.82, 2.24) is 0 Å². The van der Waals surface area contributed by atoms with E-state index in [0.717, 1.165) is 0 Å². The third kappa shape index (κ3) is 12.5. The van der Waals surface area contributed by atoms with Crippen LogP contribution in [0.3, 0.4) is 0 Å². The molecule has 0 aromatic rings. The molecule has 0 amide bonds. The molecule has 0 spiro atoms. The maximum atomic E-state index is 9.76. The molecule has 6 N–H and O–H groups in total. The topological polar surface area (TPSA) is 191 Å². The van der Waals surface area contributed by atoms with Crippen LogP contribution in [-0.4, -0.2) is 87.4 Å². The molecular weight excluding hydrogens is 284 g/mol. The van der Waals surface area contributed by atoms with Gasteiger partial charge in [0.05, 0.1) is 6.61 Å². The summed E-state index contributed by atoms with van der Waals surface area (Å²) >= 11 is 0. The zero-order valence-electron chi connectivity index (χ0n) is 10.2. The minimum absolute atomic E-state index is 0.0869. The molecule has 0 saturated heterocycles. The Morgan fingerprint density at radius 1 is 1.00 bits per heavy atom. The van der Waals surface area contributed by atoms with Crippen LogP contribution in [-0.2, 0) is 14.3 Å². The molecule has 0 bridgehead atoms. The van der Waals surface area contributed by atoms with Crippen molar-refractivity contribution in [3.8, 4) is 0 Å². The molecule has 0 aromatic carbocycles. The molecular formula is C9H16O11. The summed E-state index contributed by atoms with van der Waals surface area (Å²) in [5.41, 5.74) is 0. The third-order valence-electron chi connectivity index (χ3n) is 1.61. The van der Waals surface area contributed by atoms with Crippen LogP contribution < -0.4 is 0 Å². The Morgan fingerprint density at radius 3 is 1.65 bits per heavy atom. The van der Waals surface area contributed by atoms with E-state index in [1.165, 1.54) is 0 Å². The Morgan fingerprint density at radius 2 is 1.40 bits per heavy atom. The quantitative estimate of drug-likeness (QED) is 0.167. The van der Waals surface area contributed by atoms with Crippen molar-refractivity contribution in [2.45, 2.75) is 18.3 Å². The summed E-state index contributed by atoms with van der Waals surface area (Å²) in [6.07, 6.45) is -7.53. The molecule has 0 radical (unpaired) electrons. The second-order valence-corrected chi connectivity index (χ2v) is 3.10. The highest BCUT2D eigenvalue weighted by molar-refractivity contribution is 5.57. The van der Waals surface area contributed by atoms with E-state index in [0.29, 0.717) is 0 Å². The molecule has 0 heterocycles. The third-order valence-corrected chi connectivity index (χ3v) is 1.61. The molecule has 118 valence electrons. The maximum Gasteiger partial charge on any atom is 0.505 e. The zero-order valence-corrected chi connectivity index (χ0v) is 10.2. The van der Waals surface area contributed by atoms with Crippen LogP contribution in [0, 0.1) is 0 Å². The molecule has 3 atom stereocenters. The number of ether oxygens (including phenoxy) is 2. The molecule has 11 nitrogen and oxygen atoms in total. The van der Waals surface area contributed by atoms with Crippen LogP contribution in [0.15, 0.2) is 0 Å². The van der Waals surface area contributed by atoms with Gasteiger partial charge in [0.1, 0.15) is 31.5 Å². The van der Waals surface area contributed by atoms with Crippen LogP contribution in [0.5, 0.6) is 0 Å². The van der Waals surface area contributed by atoms with Gasteiger partial charge in [0.15, 0.2) is 6.29 Å². The molecule has 0 rings (SSSR count). The van der Waals surface area contributed by atoms with Crippen molar-refractivity contribution in [3.05, 3.63) is 0 Å². The number of carbonyl (C=O) groups is 3. The number of hydrogen-bond donors (Lipinski definition) is 6. The predicted molar refractivity (Wildman–Crippen MR) is 59.1 cm³/mol. The lowest BCUT2D eigenvalue weighted by atomic mass is 10.1. The fourth-order valence-electron chi connectivity index (χ4n) is 0.674. The second-order valence-electron chi connectivity index (χ2n) is 3.10. The van der Waals surface area contributed by atoms with Crippen molar-refractivity contribution in [3.63, 3.8) is 0 Å². The van der Waals surface area contributed by atoms with E-state index in [-0.39, 0.29) is 19.5 Å². The SMILES string of the molecule is O=C(O)OCCOC(=O)O.O=C[C@@H](O)[C@H](O)[C@H](O)CO. The maximum absolute atomic E-state index is 9.76. The molecule has 0 unspecified atom stereocenters. The molecule has 0 aromatic heterocycles. The van der Waals surface area contributed by atoms with E-state index in [1.54, 1.807) is 0 Å². The van der Waals surface area contributed by atoms with Gasteiger partial charge in [-0.3, -0.25) is 0 Å². The summed E-state index contributed by atoms with van der Waals surface area (Å²) in [4.78, 5) is 29.0. The van der Waals surface area contributed by atoms with Crippen LogP contribution in [0.25, 0.3) is 0 Å². The number of aliphatic hydroxyl groups is 4. The van der Waals surface area contributed by atoms with E-state index >= 15 is 0 Å². The molecule has 20 heavy (non-hydrogen) atoms. The second kappa shape index (κ2) is 12.1. The van der Waals surface area contributed by atoms with E-state index in [1.807, 2.05) is 0 Å². The minimum atomic E-state index is -1.64. The van der Waals surface area contributed by atoms with Gasteiger partial charge >= 0.3 is 12.3 Å². The van der Waals surface area contributed by atoms with Crippen molar-refractivity contribution >= 4 is 18.6 Å². The summed E-state index contributed by atoms with van der Waals surface area (Å²) in [5.74, 6) is 0. The highest BCUT2D eigenvalue weighted by Crippen LogP contribution is 1.96. The first-order valence-corrected chi connectivity index (χ1v) is 5.08. The highest BCUT2D eigenvalue weighted by atomic mass is 16.7. The van der Waals surface area contributed by atoms with Gasteiger partial charge in [-0.15, -0.1) is 0 Å². The van der Waals surface area contributed by atoms with Gasteiger partial charge in [0.25, 0.3) is 0 Å². The van der Waals surface area contributed by atoms with Crippen LogP contribution in [0.2, 0.25) is 0 Å². The molecule has 11 heteroatoms. The van der Waals surface area contributed by atoms with Gasteiger partial charge in [0.2, 0.25) is 0 Å². The van der Waals surface area contributed by atoms with E-state index in [9.17, 15) is 14.4 Å². The number of carboxylic acid groups (broad SMARTS) is 2. The Kier molecular flexibility index (Phi) is 12.3. The van der Waals surface area contributed by atoms with E-state index in [2.05, 4.69) is 9.47 Å².